The third kappa shape index (κ3) is 3.82. The van der Waals surface area contributed by atoms with E-state index in [9.17, 15) is 18.8 Å². The Morgan fingerprint density at radius 3 is 2.62 bits per heavy atom. The van der Waals surface area contributed by atoms with E-state index in [2.05, 4.69) is 10.6 Å². The van der Waals surface area contributed by atoms with Gasteiger partial charge < -0.3 is 15.2 Å². The molecule has 1 aromatic heterocycles. The third-order valence-corrected chi connectivity index (χ3v) is 4.49. The van der Waals surface area contributed by atoms with Crippen molar-refractivity contribution in [3.05, 3.63) is 69.4 Å². The van der Waals surface area contributed by atoms with Gasteiger partial charge in [-0.25, -0.2) is 4.39 Å². The first-order valence-corrected chi connectivity index (χ1v) is 8.41. The number of aromatic nitrogens is 1. The van der Waals surface area contributed by atoms with Crippen molar-refractivity contribution < 1.29 is 14.0 Å². The van der Waals surface area contributed by atoms with Crippen LogP contribution in [0.5, 0.6) is 0 Å². The Bertz CT molecular complexity index is 922. The van der Waals surface area contributed by atoms with Gasteiger partial charge in [-0.2, -0.15) is 0 Å². The second-order valence-electron chi connectivity index (χ2n) is 6.58. The van der Waals surface area contributed by atoms with E-state index in [0.29, 0.717) is 11.5 Å². The number of halogens is 1. The zero-order chi connectivity index (χ0) is 18.8. The lowest BCUT2D eigenvalue weighted by Crippen LogP contribution is -2.34. The molecule has 1 aromatic carbocycles. The lowest BCUT2D eigenvalue weighted by molar-refractivity contribution is 0.0948. The van der Waals surface area contributed by atoms with Crippen LogP contribution in [-0.4, -0.2) is 29.5 Å². The fourth-order valence-electron chi connectivity index (χ4n) is 2.78. The Labute approximate surface area is 150 Å². The number of carbonyl (C=O) groups excluding carboxylic acids is 2. The predicted octanol–water partition coefficient (Wildman–Crippen LogP) is 1.53. The van der Waals surface area contributed by atoms with Crippen LogP contribution in [0, 0.1) is 11.7 Å². The minimum atomic E-state index is -0.572. The molecule has 26 heavy (non-hydrogen) atoms. The van der Waals surface area contributed by atoms with E-state index in [1.54, 1.807) is 12.1 Å². The molecule has 1 saturated carbocycles. The van der Waals surface area contributed by atoms with Gasteiger partial charge in [0.15, 0.2) is 0 Å². The predicted molar refractivity (Wildman–Crippen MR) is 94.6 cm³/mol. The smallest absolute Gasteiger partial charge is 0.263 e. The topological polar surface area (TPSA) is 80.2 Å². The van der Waals surface area contributed by atoms with Crippen molar-refractivity contribution in [2.45, 2.75) is 25.9 Å². The van der Waals surface area contributed by atoms with Gasteiger partial charge in [0, 0.05) is 19.3 Å². The van der Waals surface area contributed by atoms with Crippen LogP contribution < -0.4 is 16.2 Å². The molecule has 0 bridgehead atoms. The Morgan fingerprint density at radius 2 is 2.00 bits per heavy atom. The van der Waals surface area contributed by atoms with Gasteiger partial charge in [-0.1, -0.05) is 19.1 Å². The molecule has 3 rings (SSSR count). The summed E-state index contributed by atoms with van der Waals surface area (Å²) in [5, 5.41) is 5.28. The van der Waals surface area contributed by atoms with Crippen LogP contribution in [0.3, 0.4) is 0 Å². The Morgan fingerprint density at radius 1 is 1.27 bits per heavy atom. The summed E-state index contributed by atoms with van der Waals surface area (Å²) in [5.41, 5.74) is 0.118. The van der Waals surface area contributed by atoms with Crippen LogP contribution in [0.2, 0.25) is 0 Å². The highest BCUT2D eigenvalue weighted by atomic mass is 19.1. The van der Waals surface area contributed by atoms with Crippen molar-refractivity contribution in [3.8, 4) is 0 Å². The molecule has 0 saturated heterocycles. The molecule has 0 unspecified atom stereocenters. The van der Waals surface area contributed by atoms with Crippen LogP contribution in [0.4, 0.5) is 4.39 Å². The summed E-state index contributed by atoms with van der Waals surface area (Å²) in [6.45, 7) is 2.09. The minimum Gasteiger partial charge on any atom is -0.355 e. The van der Waals surface area contributed by atoms with Crippen molar-refractivity contribution in [3.63, 3.8) is 0 Å². The van der Waals surface area contributed by atoms with Crippen LogP contribution in [0.15, 0.2) is 41.3 Å². The van der Waals surface area contributed by atoms with E-state index in [1.165, 1.54) is 36.0 Å². The molecule has 0 spiro atoms. The Balaban J connectivity index is 1.98. The van der Waals surface area contributed by atoms with Gasteiger partial charge in [0.05, 0.1) is 12.1 Å². The molecule has 7 heteroatoms. The summed E-state index contributed by atoms with van der Waals surface area (Å²) in [5.74, 6) is -0.899. The lowest BCUT2D eigenvalue weighted by atomic mass is 10.1. The summed E-state index contributed by atoms with van der Waals surface area (Å²) in [6, 6.07) is 7.25. The number of nitrogens with one attached hydrogen (secondary N) is 2. The van der Waals surface area contributed by atoms with Crippen molar-refractivity contribution in [1.29, 1.82) is 0 Å². The normalized spacial score (nSPS) is 18.3. The van der Waals surface area contributed by atoms with Gasteiger partial charge in [-0.3, -0.25) is 14.4 Å². The first-order valence-electron chi connectivity index (χ1n) is 8.41. The summed E-state index contributed by atoms with van der Waals surface area (Å²) < 4.78 is 14.7. The average molecular weight is 357 g/mol. The van der Waals surface area contributed by atoms with Crippen LogP contribution in [0.25, 0.3) is 0 Å². The van der Waals surface area contributed by atoms with Gasteiger partial charge >= 0.3 is 0 Å². The molecule has 2 atom stereocenters. The largest absolute Gasteiger partial charge is 0.355 e. The molecular weight excluding hydrogens is 337 g/mol. The van der Waals surface area contributed by atoms with E-state index in [4.69, 9.17) is 0 Å². The van der Waals surface area contributed by atoms with Gasteiger partial charge in [-0.05, 0) is 36.1 Å². The SMILES string of the molecule is CNC(=O)c1cc(C(=O)N[C@H]2C[C@@H]2C)cn(Cc2cccc(F)c2)c1=O. The van der Waals surface area contributed by atoms with Crippen molar-refractivity contribution >= 4 is 11.8 Å². The van der Waals surface area contributed by atoms with Crippen LogP contribution in [-0.2, 0) is 6.54 Å². The standard InChI is InChI=1S/C19H20FN3O3/c1-11-6-16(11)22-17(24)13-8-15(18(25)21-2)19(26)23(10-13)9-12-4-3-5-14(20)7-12/h3-5,7-8,10-11,16H,6,9H2,1-2H3,(H,21,25)(H,22,24)/t11-,16-/m0/s1. The minimum absolute atomic E-state index is 0.0571. The summed E-state index contributed by atoms with van der Waals surface area (Å²) in [7, 11) is 1.41. The number of nitrogens with zero attached hydrogens (tertiary/aromatic N) is 1. The molecule has 1 fully saturated rings. The quantitative estimate of drug-likeness (QED) is 0.852. The molecule has 6 nitrogen and oxygen atoms in total. The number of carbonyl (C=O) groups is 2. The molecule has 1 heterocycles. The second-order valence-corrected chi connectivity index (χ2v) is 6.58. The van der Waals surface area contributed by atoms with E-state index < -0.39 is 17.3 Å². The van der Waals surface area contributed by atoms with Gasteiger partial charge in [0.2, 0.25) is 0 Å². The maximum absolute atomic E-state index is 13.4. The maximum Gasteiger partial charge on any atom is 0.263 e. The van der Waals surface area contributed by atoms with Crippen LogP contribution in [0.1, 0.15) is 39.6 Å². The monoisotopic (exact) mass is 357 g/mol. The van der Waals surface area contributed by atoms with Gasteiger partial charge in [-0.15, -0.1) is 0 Å². The fraction of sp³-hybridized carbons (Fsp3) is 0.316. The lowest BCUT2D eigenvalue weighted by Gasteiger charge is -2.12. The number of hydrogen-bond acceptors (Lipinski definition) is 3. The summed E-state index contributed by atoms with van der Waals surface area (Å²) >= 11 is 0. The maximum atomic E-state index is 13.4. The van der Waals surface area contributed by atoms with Gasteiger partial charge in [0.25, 0.3) is 17.4 Å². The molecule has 1 aliphatic rings. The van der Waals surface area contributed by atoms with Crippen molar-refractivity contribution in [1.82, 2.24) is 15.2 Å². The molecular formula is C19H20FN3O3. The van der Waals surface area contributed by atoms with Crippen molar-refractivity contribution in [2.75, 3.05) is 7.05 Å². The highest BCUT2D eigenvalue weighted by molar-refractivity contribution is 5.99. The second kappa shape index (κ2) is 7.11. The van der Waals surface area contributed by atoms with E-state index in [1.807, 2.05) is 6.92 Å². The number of benzene rings is 1. The highest BCUT2D eigenvalue weighted by Crippen LogP contribution is 2.29. The Kier molecular flexibility index (Phi) is 4.88. The fourth-order valence-corrected chi connectivity index (χ4v) is 2.78. The first kappa shape index (κ1) is 17.8. The number of hydrogen-bond donors (Lipinski definition) is 2. The molecule has 2 N–H and O–H groups in total. The summed E-state index contributed by atoms with van der Waals surface area (Å²) in [4.78, 5) is 37.1. The van der Waals surface area contributed by atoms with Crippen LogP contribution >= 0.6 is 0 Å². The summed E-state index contributed by atoms with van der Waals surface area (Å²) in [6.07, 6.45) is 2.32. The van der Waals surface area contributed by atoms with E-state index >= 15 is 0 Å². The molecule has 0 aliphatic heterocycles. The highest BCUT2D eigenvalue weighted by Gasteiger charge is 2.34. The molecule has 1 aliphatic carbocycles. The zero-order valence-corrected chi connectivity index (χ0v) is 14.6. The van der Waals surface area contributed by atoms with Gasteiger partial charge in [0.1, 0.15) is 11.4 Å². The Hall–Kier alpha value is -2.96. The number of amides is 2. The third-order valence-electron chi connectivity index (χ3n) is 4.49. The van der Waals surface area contributed by atoms with E-state index in [0.717, 1.165) is 6.42 Å². The van der Waals surface area contributed by atoms with E-state index in [-0.39, 0.29) is 29.6 Å². The first-order chi connectivity index (χ1) is 12.4. The van der Waals surface area contributed by atoms with Crippen molar-refractivity contribution in [2.24, 2.45) is 5.92 Å². The molecule has 0 radical (unpaired) electrons. The average Bonchev–Trinajstić information content (AvgIpc) is 3.30. The number of pyridine rings is 1. The molecule has 136 valence electrons. The molecule has 2 aromatic rings. The number of rotatable bonds is 5. The molecule has 2 amide bonds. The zero-order valence-electron chi connectivity index (χ0n) is 14.6.